The van der Waals surface area contributed by atoms with Crippen LogP contribution in [0.15, 0.2) is 24.4 Å². The number of morpholine rings is 1. The number of benzene rings is 1. The Morgan fingerprint density at radius 2 is 1.81 bits per heavy atom. The molecule has 2 bridgehead atoms. The average Bonchev–Trinajstić information content (AvgIpc) is 3.07. The van der Waals surface area contributed by atoms with Crippen LogP contribution in [-0.4, -0.2) is 84.2 Å². The second-order valence-corrected chi connectivity index (χ2v) is 10.2. The first-order valence-electron chi connectivity index (χ1n) is 12.4. The van der Waals surface area contributed by atoms with Gasteiger partial charge in [0.15, 0.2) is 0 Å². The average molecular weight is 503 g/mol. The summed E-state index contributed by atoms with van der Waals surface area (Å²) >= 11 is 0. The Hall–Kier alpha value is -2.92. The topological polar surface area (TPSA) is 73.8 Å². The van der Waals surface area contributed by atoms with E-state index in [4.69, 9.17) is 4.74 Å². The highest BCUT2D eigenvalue weighted by molar-refractivity contribution is 5.74. The molecule has 3 saturated heterocycles. The quantitative estimate of drug-likeness (QED) is 0.689. The summed E-state index contributed by atoms with van der Waals surface area (Å²) in [4.78, 5) is 26.1. The number of aromatic nitrogens is 2. The normalized spacial score (nSPS) is 24.4. The van der Waals surface area contributed by atoms with Crippen molar-refractivity contribution in [1.29, 1.82) is 0 Å². The van der Waals surface area contributed by atoms with Gasteiger partial charge in [-0.05, 0) is 29.7 Å². The molecule has 2 aromatic rings. The van der Waals surface area contributed by atoms with Crippen molar-refractivity contribution in [3.63, 3.8) is 0 Å². The van der Waals surface area contributed by atoms with Crippen LogP contribution < -0.4 is 10.2 Å². The zero-order valence-electron chi connectivity index (χ0n) is 20.1. The monoisotopic (exact) mass is 502 g/mol. The maximum atomic E-state index is 13.8. The summed E-state index contributed by atoms with van der Waals surface area (Å²) in [5, 5.41) is 3.12. The third-order valence-corrected chi connectivity index (χ3v) is 7.92. The number of hydrogen-bond acceptors (Lipinski definition) is 7. The molecule has 1 aliphatic carbocycles. The van der Waals surface area contributed by atoms with Gasteiger partial charge in [-0.25, -0.2) is 4.98 Å². The largest absolute Gasteiger partial charge is 0.421 e. The lowest BCUT2D eigenvalue weighted by molar-refractivity contribution is -0.137. The smallest absolute Gasteiger partial charge is 0.379 e. The molecule has 6 rings (SSSR count). The fraction of sp³-hybridized carbons (Fsp3) is 0.560. The van der Waals surface area contributed by atoms with Crippen LogP contribution in [0.2, 0.25) is 0 Å². The molecule has 0 spiro atoms. The van der Waals surface area contributed by atoms with E-state index in [0.717, 1.165) is 37.9 Å². The number of anilines is 3. The lowest BCUT2D eigenvalue weighted by Gasteiger charge is -2.47. The molecule has 8 nitrogen and oxygen atoms in total. The van der Waals surface area contributed by atoms with Crippen molar-refractivity contribution in [3.8, 4) is 0 Å². The zero-order chi connectivity index (χ0) is 25.0. The molecule has 0 radical (unpaired) electrons. The van der Waals surface area contributed by atoms with Gasteiger partial charge in [0.25, 0.3) is 0 Å². The van der Waals surface area contributed by atoms with Crippen molar-refractivity contribution in [1.82, 2.24) is 19.8 Å². The lowest BCUT2D eigenvalue weighted by Crippen LogP contribution is -2.62. The second kappa shape index (κ2) is 8.88. The second-order valence-electron chi connectivity index (χ2n) is 10.2. The number of nitrogens with zero attached hydrogens (tertiary/aromatic N) is 5. The molecule has 4 heterocycles. The number of carbonyl (C=O) groups is 1. The molecule has 192 valence electrons. The summed E-state index contributed by atoms with van der Waals surface area (Å²) < 4.78 is 46.7. The van der Waals surface area contributed by atoms with Crippen LogP contribution in [0.3, 0.4) is 0 Å². The third-order valence-electron chi connectivity index (χ3n) is 7.92. The first-order valence-corrected chi connectivity index (χ1v) is 12.4. The third kappa shape index (κ3) is 4.28. The van der Waals surface area contributed by atoms with Gasteiger partial charge in [0.2, 0.25) is 11.9 Å². The highest BCUT2D eigenvalue weighted by atomic mass is 19.4. The molecule has 11 heteroatoms. The van der Waals surface area contributed by atoms with E-state index in [2.05, 4.69) is 26.3 Å². The van der Waals surface area contributed by atoms with Crippen LogP contribution in [0.1, 0.15) is 41.9 Å². The first-order chi connectivity index (χ1) is 17.3. The van der Waals surface area contributed by atoms with Crippen molar-refractivity contribution in [2.75, 3.05) is 62.7 Å². The van der Waals surface area contributed by atoms with E-state index < -0.39 is 11.7 Å². The fourth-order valence-corrected chi connectivity index (χ4v) is 5.99. The Balaban J connectivity index is 1.21. The number of amides is 1. The number of carbonyl (C=O) groups excluding carboxylic acids is 1. The molecule has 1 N–H and O–H groups in total. The molecule has 3 aliphatic heterocycles. The van der Waals surface area contributed by atoms with E-state index in [1.807, 2.05) is 17.0 Å². The Morgan fingerprint density at radius 3 is 2.50 bits per heavy atom. The van der Waals surface area contributed by atoms with Gasteiger partial charge in [0, 0.05) is 76.0 Å². The molecule has 1 amide bonds. The maximum absolute atomic E-state index is 13.8. The molecule has 1 aromatic heterocycles. The number of fused-ring (bicyclic) bond motifs is 5. The van der Waals surface area contributed by atoms with Crippen molar-refractivity contribution in [2.45, 2.75) is 37.4 Å². The highest BCUT2D eigenvalue weighted by Gasteiger charge is 2.42. The Kier molecular flexibility index (Phi) is 5.79. The predicted octanol–water partition coefficient (Wildman–Crippen LogP) is 3.19. The predicted molar refractivity (Wildman–Crippen MR) is 128 cm³/mol. The van der Waals surface area contributed by atoms with E-state index in [9.17, 15) is 18.0 Å². The van der Waals surface area contributed by atoms with Gasteiger partial charge >= 0.3 is 6.18 Å². The standard InChI is InChI=1S/C25H29F3N6O2/c1-15(35)33-11-16-8-17(12-33)21-9-18(2-3-20(16)21)30-24-29-10-22(25(26,27)28)23(31-24)34-13-19(14-34)32-4-6-36-7-5-32/h2-3,9-10,16-17,19H,4-8,11-14H2,1H3,(H,29,30,31). The van der Waals surface area contributed by atoms with E-state index in [0.29, 0.717) is 38.8 Å². The number of piperidine rings is 1. The van der Waals surface area contributed by atoms with Crippen molar-refractivity contribution in [3.05, 3.63) is 41.1 Å². The van der Waals surface area contributed by atoms with E-state index in [1.54, 1.807) is 11.8 Å². The van der Waals surface area contributed by atoms with E-state index in [1.165, 1.54) is 11.1 Å². The van der Waals surface area contributed by atoms with Gasteiger partial charge in [0.1, 0.15) is 11.4 Å². The summed E-state index contributed by atoms with van der Waals surface area (Å²) in [6, 6.07) is 6.20. The van der Waals surface area contributed by atoms with Gasteiger partial charge < -0.3 is 19.9 Å². The van der Waals surface area contributed by atoms with Gasteiger partial charge in [-0.3, -0.25) is 9.69 Å². The van der Waals surface area contributed by atoms with Crippen LogP contribution in [0.5, 0.6) is 0 Å². The van der Waals surface area contributed by atoms with E-state index in [-0.39, 0.29) is 29.6 Å². The minimum atomic E-state index is -4.54. The van der Waals surface area contributed by atoms with Crippen LogP contribution in [0.4, 0.5) is 30.6 Å². The number of ether oxygens (including phenoxy) is 1. The summed E-state index contributed by atoms with van der Waals surface area (Å²) in [7, 11) is 0. The summed E-state index contributed by atoms with van der Waals surface area (Å²) in [6.45, 7) is 6.92. The number of rotatable bonds is 4. The Bertz CT molecular complexity index is 1160. The van der Waals surface area contributed by atoms with Crippen molar-refractivity contribution >= 4 is 23.4 Å². The number of hydrogen-bond donors (Lipinski definition) is 1. The first kappa shape index (κ1) is 23.5. The zero-order valence-corrected chi connectivity index (χ0v) is 20.1. The molecule has 3 fully saturated rings. The molecule has 2 atom stereocenters. The van der Waals surface area contributed by atoms with Crippen molar-refractivity contribution in [2.24, 2.45) is 0 Å². The van der Waals surface area contributed by atoms with Gasteiger partial charge in [-0.2, -0.15) is 18.2 Å². The van der Waals surface area contributed by atoms with Crippen LogP contribution >= 0.6 is 0 Å². The van der Waals surface area contributed by atoms with Gasteiger partial charge in [0.05, 0.1) is 13.2 Å². The minimum absolute atomic E-state index is 0.0846. The molecule has 2 unspecified atom stereocenters. The maximum Gasteiger partial charge on any atom is 0.421 e. The number of halogens is 3. The Morgan fingerprint density at radius 1 is 1.08 bits per heavy atom. The molecule has 36 heavy (non-hydrogen) atoms. The summed E-state index contributed by atoms with van der Waals surface area (Å²) in [6.07, 6.45) is -2.65. The summed E-state index contributed by atoms with van der Waals surface area (Å²) in [5.74, 6) is 0.740. The van der Waals surface area contributed by atoms with Crippen LogP contribution in [0, 0.1) is 0 Å². The number of nitrogens with one attached hydrogen (secondary N) is 1. The van der Waals surface area contributed by atoms with E-state index >= 15 is 0 Å². The molecule has 4 aliphatic rings. The SMILES string of the molecule is CC(=O)N1CC2CC(C1)c1cc(Nc3ncc(C(F)(F)F)c(N4CC(N5CCOCC5)C4)n3)ccc12. The Labute approximate surface area is 207 Å². The molecule has 1 aromatic carbocycles. The van der Waals surface area contributed by atoms with Crippen LogP contribution in [-0.2, 0) is 15.7 Å². The van der Waals surface area contributed by atoms with Crippen LogP contribution in [0.25, 0.3) is 0 Å². The number of likely N-dealkylation sites (tertiary alicyclic amines) is 1. The fourth-order valence-electron chi connectivity index (χ4n) is 5.99. The van der Waals surface area contributed by atoms with Crippen molar-refractivity contribution < 1.29 is 22.7 Å². The molecule has 0 saturated carbocycles. The molecular formula is C25H29F3N6O2. The number of alkyl halides is 3. The highest BCUT2D eigenvalue weighted by Crippen LogP contribution is 2.47. The molecular weight excluding hydrogens is 473 g/mol. The van der Waals surface area contributed by atoms with Gasteiger partial charge in [-0.15, -0.1) is 0 Å². The lowest BCUT2D eigenvalue weighted by atomic mass is 9.96. The van der Waals surface area contributed by atoms with Gasteiger partial charge in [-0.1, -0.05) is 6.07 Å². The minimum Gasteiger partial charge on any atom is -0.379 e. The summed E-state index contributed by atoms with van der Waals surface area (Å²) in [5.41, 5.74) is 2.35.